The maximum Gasteiger partial charge on any atom is 0.252 e. The Morgan fingerprint density at radius 2 is 2.44 bits per heavy atom. The van der Waals surface area contributed by atoms with E-state index in [1.54, 1.807) is 11.3 Å². The summed E-state index contributed by atoms with van der Waals surface area (Å²) >= 11 is 7.26. The third-order valence-electron chi connectivity index (χ3n) is 2.48. The van der Waals surface area contributed by atoms with Gasteiger partial charge in [0.2, 0.25) is 0 Å². The Balaban J connectivity index is 2.40. The van der Waals surface area contributed by atoms with Crippen LogP contribution in [0.4, 0.5) is 0 Å². The minimum Gasteiger partial charge on any atom is -0.352 e. The van der Waals surface area contributed by atoms with Crippen LogP contribution in [0, 0.1) is 8.80 Å². The fraction of sp³-hybridized carbons (Fsp3) is 0.545. The number of carbonyl (C=O) groups is 1. The molecule has 0 bridgehead atoms. The SMILES string of the molecule is CCC(CCBr)CNC(=O)c1csc(I)c1. The number of thiophene rings is 1. The average molecular weight is 416 g/mol. The topological polar surface area (TPSA) is 29.1 Å². The van der Waals surface area contributed by atoms with E-state index in [1.807, 2.05) is 11.4 Å². The van der Waals surface area contributed by atoms with Crippen molar-refractivity contribution in [2.75, 3.05) is 11.9 Å². The Kier molecular flexibility index (Phi) is 6.91. The van der Waals surface area contributed by atoms with E-state index in [4.69, 9.17) is 0 Å². The van der Waals surface area contributed by atoms with E-state index >= 15 is 0 Å². The van der Waals surface area contributed by atoms with Crippen molar-refractivity contribution < 1.29 is 4.79 Å². The molecule has 0 saturated carbocycles. The van der Waals surface area contributed by atoms with Gasteiger partial charge in [0.25, 0.3) is 5.91 Å². The van der Waals surface area contributed by atoms with E-state index in [1.165, 1.54) is 0 Å². The van der Waals surface area contributed by atoms with Gasteiger partial charge >= 0.3 is 0 Å². The lowest BCUT2D eigenvalue weighted by molar-refractivity contribution is 0.0947. The number of alkyl halides is 1. The second-order valence-corrected chi connectivity index (χ2v) is 7.20. The van der Waals surface area contributed by atoms with Crippen molar-refractivity contribution in [3.63, 3.8) is 0 Å². The zero-order chi connectivity index (χ0) is 12.0. The molecule has 90 valence electrons. The Labute approximate surface area is 122 Å². The maximum atomic E-state index is 11.8. The van der Waals surface area contributed by atoms with Crippen molar-refractivity contribution in [3.8, 4) is 0 Å². The van der Waals surface area contributed by atoms with Gasteiger partial charge < -0.3 is 5.32 Å². The number of hydrogen-bond donors (Lipinski definition) is 1. The van der Waals surface area contributed by atoms with Gasteiger partial charge in [-0.25, -0.2) is 0 Å². The van der Waals surface area contributed by atoms with Gasteiger partial charge in [-0.05, 0) is 41.0 Å². The summed E-state index contributed by atoms with van der Waals surface area (Å²) in [5.41, 5.74) is 0.781. The quantitative estimate of drug-likeness (QED) is 0.554. The van der Waals surface area contributed by atoms with Crippen LogP contribution in [0.1, 0.15) is 30.1 Å². The molecule has 0 spiro atoms. The smallest absolute Gasteiger partial charge is 0.252 e. The number of amides is 1. The number of carbonyl (C=O) groups excluding carboxylic acids is 1. The summed E-state index contributed by atoms with van der Waals surface area (Å²) in [6.07, 6.45) is 2.21. The van der Waals surface area contributed by atoms with Gasteiger partial charge in [-0.3, -0.25) is 4.79 Å². The predicted octanol–water partition coefficient (Wildman–Crippen LogP) is 3.89. The third-order valence-corrected chi connectivity index (χ3v) is 4.72. The van der Waals surface area contributed by atoms with Crippen molar-refractivity contribution in [1.82, 2.24) is 5.32 Å². The van der Waals surface area contributed by atoms with E-state index in [2.05, 4.69) is 50.8 Å². The van der Waals surface area contributed by atoms with Crippen LogP contribution in [0.15, 0.2) is 11.4 Å². The zero-order valence-electron chi connectivity index (χ0n) is 9.13. The van der Waals surface area contributed by atoms with Crippen LogP contribution >= 0.6 is 49.9 Å². The molecule has 2 nitrogen and oxygen atoms in total. The number of hydrogen-bond acceptors (Lipinski definition) is 2. The molecule has 1 unspecified atom stereocenters. The summed E-state index contributed by atoms with van der Waals surface area (Å²) < 4.78 is 1.15. The van der Waals surface area contributed by atoms with Crippen molar-refractivity contribution in [3.05, 3.63) is 19.9 Å². The van der Waals surface area contributed by atoms with Crippen LogP contribution in [-0.4, -0.2) is 17.8 Å². The summed E-state index contributed by atoms with van der Waals surface area (Å²) in [5.74, 6) is 0.619. The highest BCUT2D eigenvalue weighted by atomic mass is 127. The number of halogens is 2. The largest absolute Gasteiger partial charge is 0.352 e. The summed E-state index contributed by atoms with van der Waals surface area (Å²) in [4.78, 5) is 11.8. The Hall–Kier alpha value is 0.380. The second-order valence-electron chi connectivity index (χ2n) is 3.60. The minimum absolute atomic E-state index is 0.0483. The first-order chi connectivity index (χ1) is 7.67. The van der Waals surface area contributed by atoms with Gasteiger partial charge in [-0.15, -0.1) is 11.3 Å². The van der Waals surface area contributed by atoms with Crippen LogP contribution in [0.25, 0.3) is 0 Å². The van der Waals surface area contributed by atoms with E-state index in [9.17, 15) is 4.79 Å². The van der Waals surface area contributed by atoms with E-state index in [0.29, 0.717) is 5.92 Å². The van der Waals surface area contributed by atoms with E-state index in [0.717, 1.165) is 33.2 Å². The summed E-state index contributed by atoms with van der Waals surface area (Å²) in [6, 6.07) is 1.92. The van der Waals surface area contributed by atoms with Gasteiger partial charge in [-0.1, -0.05) is 29.3 Å². The summed E-state index contributed by atoms with van der Waals surface area (Å²) in [7, 11) is 0. The first-order valence-corrected chi connectivity index (χ1v) is 8.33. The maximum absolute atomic E-state index is 11.8. The number of rotatable bonds is 6. The molecule has 0 aliphatic rings. The molecule has 0 fully saturated rings. The molecule has 0 saturated heterocycles. The molecule has 0 aliphatic carbocycles. The molecular formula is C11H15BrINOS. The lowest BCUT2D eigenvalue weighted by Crippen LogP contribution is -2.29. The highest BCUT2D eigenvalue weighted by molar-refractivity contribution is 14.1. The van der Waals surface area contributed by atoms with Crippen LogP contribution in [0.5, 0.6) is 0 Å². The summed E-state index contributed by atoms with van der Waals surface area (Å²) in [5, 5.41) is 5.89. The van der Waals surface area contributed by atoms with Gasteiger partial charge in [0, 0.05) is 17.3 Å². The van der Waals surface area contributed by atoms with E-state index in [-0.39, 0.29) is 5.91 Å². The molecule has 1 heterocycles. The molecule has 1 aromatic rings. The Morgan fingerprint density at radius 1 is 1.69 bits per heavy atom. The lowest BCUT2D eigenvalue weighted by atomic mass is 10.0. The van der Waals surface area contributed by atoms with Crippen LogP contribution in [0.3, 0.4) is 0 Å². The van der Waals surface area contributed by atoms with Crippen LogP contribution < -0.4 is 5.32 Å². The fourth-order valence-corrected chi connectivity index (χ4v) is 3.35. The third kappa shape index (κ3) is 4.71. The molecular weight excluding hydrogens is 401 g/mol. The molecule has 0 aromatic carbocycles. The van der Waals surface area contributed by atoms with Crippen molar-refractivity contribution >= 4 is 55.8 Å². The average Bonchev–Trinajstić information content (AvgIpc) is 2.70. The highest BCUT2D eigenvalue weighted by Crippen LogP contribution is 2.16. The number of nitrogens with one attached hydrogen (secondary N) is 1. The van der Waals surface area contributed by atoms with Gasteiger partial charge in [0.15, 0.2) is 0 Å². The van der Waals surface area contributed by atoms with Gasteiger partial charge in [0.1, 0.15) is 0 Å². The van der Waals surface area contributed by atoms with Crippen molar-refractivity contribution in [2.24, 2.45) is 5.92 Å². The van der Waals surface area contributed by atoms with Crippen molar-refractivity contribution in [2.45, 2.75) is 19.8 Å². The molecule has 1 atom stereocenters. The summed E-state index contributed by atoms with van der Waals surface area (Å²) in [6.45, 7) is 2.93. The van der Waals surface area contributed by atoms with E-state index < -0.39 is 0 Å². The monoisotopic (exact) mass is 415 g/mol. The normalized spacial score (nSPS) is 12.4. The van der Waals surface area contributed by atoms with Gasteiger partial charge in [-0.2, -0.15) is 0 Å². The Morgan fingerprint density at radius 3 is 2.94 bits per heavy atom. The van der Waals surface area contributed by atoms with Gasteiger partial charge in [0.05, 0.1) is 8.45 Å². The van der Waals surface area contributed by atoms with Crippen LogP contribution in [0.2, 0.25) is 0 Å². The lowest BCUT2D eigenvalue weighted by Gasteiger charge is -2.13. The predicted molar refractivity (Wildman–Crippen MR) is 81.6 cm³/mol. The van der Waals surface area contributed by atoms with Crippen LogP contribution in [-0.2, 0) is 0 Å². The highest BCUT2D eigenvalue weighted by Gasteiger charge is 2.10. The molecule has 1 aromatic heterocycles. The first-order valence-electron chi connectivity index (χ1n) is 5.25. The molecule has 16 heavy (non-hydrogen) atoms. The zero-order valence-corrected chi connectivity index (χ0v) is 13.7. The minimum atomic E-state index is 0.0483. The molecule has 1 amide bonds. The fourth-order valence-electron chi connectivity index (χ4n) is 1.37. The molecule has 0 aliphatic heterocycles. The first kappa shape index (κ1) is 14.4. The standard InChI is InChI=1S/C11H15BrINOS/c1-2-8(3-4-12)6-14-11(15)9-5-10(13)16-7-9/h5,7-8H,2-4,6H2,1H3,(H,14,15). The van der Waals surface area contributed by atoms with Crippen molar-refractivity contribution in [1.29, 1.82) is 0 Å². The molecule has 0 radical (unpaired) electrons. The molecule has 1 N–H and O–H groups in total. The molecule has 5 heteroatoms. The second kappa shape index (κ2) is 7.66. The molecule has 1 rings (SSSR count). The Bertz CT molecular complexity index is 342.